The van der Waals surface area contributed by atoms with Crippen molar-refractivity contribution in [2.24, 2.45) is 0 Å². The number of halogens is 2. The Bertz CT molecular complexity index is 435. The van der Waals surface area contributed by atoms with Gasteiger partial charge in [-0.05, 0) is 24.6 Å². The maximum Gasteiger partial charge on any atom is 0.328 e. The third-order valence-electron chi connectivity index (χ3n) is 2.53. The minimum absolute atomic E-state index is 0.512. The summed E-state index contributed by atoms with van der Waals surface area (Å²) in [5.74, 6) is -2.43. The molecule has 2 N–H and O–H groups in total. The van der Waals surface area contributed by atoms with Crippen molar-refractivity contribution in [2.75, 3.05) is 6.67 Å². The fourth-order valence-electron chi connectivity index (χ4n) is 1.37. The van der Waals surface area contributed by atoms with Crippen LogP contribution in [0.5, 0.6) is 0 Å². The molecule has 2 atom stereocenters. The van der Waals surface area contributed by atoms with Crippen molar-refractivity contribution >= 4 is 27.8 Å². The third kappa shape index (κ3) is 3.80. The number of amides is 1. The van der Waals surface area contributed by atoms with E-state index >= 15 is 0 Å². The standard InChI is InChI=1S/C12H13BrFNO3/c1-7(8-2-4-9(13)5-3-8)11(16)15-10(6-14)12(17)18/h2-5,7,10H,6H2,1H3,(H,15,16)(H,17,18). The molecule has 0 heterocycles. The van der Waals surface area contributed by atoms with E-state index in [-0.39, 0.29) is 0 Å². The quantitative estimate of drug-likeness (QED) is 0.874. The van der Waals surface area contributed by atoms with E-state index in [9.17, 15) is 14.0 Å². The molecule has 6 heteroatoms. The van der Waals surface area contributed by atoms with Crippen molar-refractivity contribution in [1.29, 1.82) is 0 Å². The lowest BCUT2D eigenvalue weighted by molar-refractivity contribution is -0.142. The normalized spacial score (nSPS) is 13.7. The minimum Gasteiger partial charge on any atom is -0.480 e. The second-order valence-electron chi connectivity index (χ2n) is 3.83. The molecule has 0 aromatic heterocycles. The Kier molecular flexibility index (Phi) is 5.27. The van der Waals surface area contributed by atoms with Gasteiger partial charge in [-0.3, -0.25) is 4.79 Å². The summed E-state index contributed by atoms with van der Waals surface area (Å²) in [6.45, 7) is 0.504. The number of alkyl halides is 1. The summed E-state index contributed by atoms with van der Waals surface area (Å²) in [7, 11) is 0. The van der Waals surface area contributed by atoms with Gasteiger partial charge >= 0.3 is 5.97 Å². The van der Waals surface area contributed by atoms with Gasteiger partial charge in [0.25, 0.3) is 0 Å². The average Bonchev–Trinajstić information content (AvgIpc) is 2.35. The first-order valence-corrected chi connectivity index (χ1v) is 6.09. The van der Waals surface area contributed by atoms with E-state index in [0.717, 1.165) is 10.0 Å². The van der Waals surface area contributed by atoms with Crippen molar-refractivity contribution in [1.82, 2.24) is 5.32 Å². The van der Waals surface area contributed by atoms with Gasteiger partial charge in [0.2, 0.25) is 5.91 Å². The van der Waals surface area contributed by atoms with Gasteiger partial charge in [0.1, 0.15) is 6.67 Å². The van der Waals surface area contributed by atoms with Gasteiger partial charge < -0.3 is 10.4 Å². The van der Waals surface area contributed by atoms with E-state index in [2.05, 4.69) is 21.2 Å². The zero-order chi connectivity index (χ0) is 13.7. The molecule has 0 aliphatic heterocycles. The molecule has 0 aliphatic carbocycles. The predicted molar refractivity (Wildman–Crippen MR) is 68.1 cm³/mol. The zero-order valence-corrected chi connectivity index (χ0v) is 11.3. The second kappa shape index (κ2) is 6.49. The molecule has 18 heavy (non-hydrogen) atoms. The van der Waals surface area contributed by atoms with Crippen LogP contribution >= 0.6 is 15.9 Å². The molecule has 1 aromatic rings. The second-order valence-corrected chi connectivity index (χ2v) is 4.74. The highest BCUT2D eigenvalue weighted by Crippen LogP contribution is 2.18. The van der Waals surface area contributed by atoms with Crippen LogP contribution in [-0.4, -0.2) is 29.7 Å². The Morgan fingerprint density at radius 1 is 1.39 bits per heavy atom. The topological polar surface area (TPSA) is 66.4 Å². The first-order chi connectivity index (χ1) is 8.45. The summed E-state index contributed by atoms with van der Waals surface area (Å²) >= 11 is 3.27. The van der Waals surface area contributed by atoms with Gasteiger partial charge in [-0.15, -0.1) is 0 Å². The summed E-state index contributed by atoms with van der Waals surface area (Å²) in [4.78, 5) is 22.4. The Hall–Kier alpha value is -1.43. The Balaban J connectivity index is 2.72. The monoisotopic (exact) mass is 317 g/mol. The van der Waals surface area contributed by atoms with E-state index in [1.807, 2.05) is 0 Å². The van der Waals surface area contributed by atoms with E-state index in [1.54, 1.807) is 31.2 Å². The number of carbonyl (C=O) groups is 2. The Morgan fingerprint density at radius 2 is 1.94 bits per heavy atom. The van der Waals surface area contributed by atoms with E-state index < -0.39 is 30.5 Å². The van der Waals surface area contributed by atoms with Crippen LogP contribution in [0.25, 0.3) is 0 Å². The van der Waals surface area contributed by atoms with Crippen LogP contribution < -0.4 is 5.32 Å². The summed E-state index contributed by atoms with van der Waals surface area (Å²) in [5, 5.41) is 10.8. The third-order valence-corrected chi connectivity index (χ3v) is 3.06. The first-order valence-electron chi connectivity index (χ1n) is 5.30. The van der Waals surface area contributed by atoms with Gasteiger partial charge in [0.15, 0.2) is 6.04 Å². The fourth-order valence-corrected chi connectivity index (χ4v) is 1.63. The summed E-state index contributed by atoms with van der Waals surface area (Å²) < 4.78 is 13.3. The Labute approximate surface area is 112 Å². The van der Waals surface area contributed by atoms with Crippen LogP contribution in [0.1, 0.15) is 18.4 Å². The summed E-state index contributed by atoms with van der Waals surface area (Å²) in [6.07, 6.45) is 0. The van der Waals surface area contributed by atoms with Crippen molar-refractivity contribution in [3.63, 3.8) is 0 Å². The number of hydrogen-bond acceptors (Lipinski definition) is 2. The number of carbonyl (C=O) groups excluding carboxylic acids is 1. The number of carboxylic acid groups (broad SMARTS) is 1. The highest BCUT2D eigenvalue weighted by atomic mass is 79.9. The molecule has 0 aliphatic rings. The highest BCUT2D eigenvalue weighted by molar-refractivity contribution is 9.10. The number of benzene rings is 1. The molecule has 1 rings (SSSR count). The zero-order valence-electron chi connectivity index (χ0n) is 9.69. The first kappa shape index (κ1) is 14.6. The smallest absolute Gasteiger partial charge is 0.328 e. The lowest BCUT2D eigenvalue weighted by Crippen LogP contribution is -2.44. The minimum atomic E-state index is -1.49. The molecule has 0 bridgehead atoms. The lowest BCUT2D eigenvalue weighted by atomic mass is 10.0. The van der Waals surface area contributed by atoms with Gasteiger partial charge in [-0.1, -0.05) is 28.1 Å². The van der Waals surface area contributed by atoms with Crippen molar-refractivity contribution in [3.8, 4) is 0 Å². The number of nitrogens with one attached hydrogen (secondary N) is 1. The van der Waals surface area contributed by atoms with Gasteiger partial charge in [-0.25, -0.2) is 9.18 Å². The van der Waals surface area contributed by atoms with E-state index in [1.165, 1.54) is 0 Å². The maximum atomic E-state index is 12.4. The predicted octanol–water partition coefficient (Wildman–Crippen LogP) is 2.09. The molecule has 2 unspecified atom stereocenters. The van der Waals surface area contributed by atoms with Gasteiger partial charge in [0, 0.05) is 4.47 Å². The van der Waals surface area contributed by atoms with Crippen LogP contribution in [0.4, 0.5) is 4.39 Å². The molecule has 1 amide bonds. The lowest BCUT2D eigenvalue weighted by Gasteiger charge is -2.15. The van der Waals surface area contributed by atoms with Crippen LogP contribution in [-0.2, 0) is 9.59 Å². The SMILES string of the molecule is CC(C(=O)NC(CF)C(=O)O)c1ccc(Br)cc1. The van der Waals surface area contributed by atoms with Crippen LogP contribution in [0.15, 0.2) is 28.7 Å². The van der Waals surface area contributed by atoms with Crippen LogP contribution in [0, 0.1) is 0 Å². The van der Waals surface area contributed by atoms with Gasteiger partial charge in [0.05, 0.1) is 5.92 Å². The largest absolute Gasteiger partial charge is 0.480 e. The van der Waals surface area contributed by atoms with Gasteiger partial charge in [-0.2, -0.15) is 0 Å². The molecule has 0 saturated heterocycles. The molecule has 0 fully saturated rings. The van der Waals surface area contributed by atoms with Crippen molar-refractivity contribution < 1.29 is 19.1 Å². The number of aliphatic carboxylic acids is 1. The molecule has 0 saturated carbocycles. The average molecular weight is 318 g/mol. The molecular weight excluding hydrogens is 305 g/mol. The Morgan fingerprint density at radius 3 is 2.39 bits per heavy atom. The van der Waals surface area contributed by atoms with Crippen molar-refractivity contribution in [3.05, 3.63) is 34.3 Å². The van der Waals surface area contributed by atoms with Crippen molar-refractivity contribution in [2.45, 2.75) is 18.9 Å². The van der Waals surface area contributed by atoms with E-state index in [0.29, 0.717) is 0 Å². The number of carboxylic acids is 1. The summed E-state index contributed by atoms with van der Waals surface area (Å²) in [5.41, 5.74) is 0.735. The maximum absolute atomic E-state index is 12.4. The summed E-state index contributed by atoms with van der Waals surface area (Å²) in [6, 6.07) is 5.57. The highest BCUT2D eigenvalue weighted by Gasteiger charge is 2.23. The molecule has 0 radical (unpaired) electrons. The van der Waals surface area contributed by atoms with Crippen LogP contribution in [0.2, 0.25) is 0 Å². The number of hydrogen-bond donors (Lipinski definition) is 2. The van der Waals surface area contributed by atoms with E-state index in [4.69, 9.17) is 5.11 Å². The van der Waals surface area contributed by atoms with Crippen LogP contribution in [0.3, 0.4) is 0 Å². The molecule has 0 spiro atoms. The number of rotatable bonds is 5. The molecule has 1 aromatic carbocycles. The molecule has 98 valence electrons. The molecular formula is C12H13BrFNO3. The fraction of sp³-hybridized carbons (Fsp3) is 0.333. The molecule has 4 nitrogen and oxygen atoms in total.